The molecule has 0 aliphatic heterocycles. The van der Waals surface area contributed by atoms with Gasteiger partial charge in [0.2, 0.25) is 5.91 Å². The zero-order valence-corrected chi connectivity index (χ0v) is 13.3. The summed E-state index contributed by atoms with van der Waals surface area (Å²) in [6.45, 7) is 3.59. The number of nitrogens with one attached hydrogen (secondary N) is 2. The summed E-state index contributed by atoms with van der Waals surface area (Å²) in [6, 6.07) is 7.37. The third-order valence-electron chi connectivity index (χ3n) is 3.32. The zero-order valence-electron chi connectivity index (χ0n) is 13.3. The minimum absolute atomic E-state index is 0.112. The number of nitrogens with zero attached hydrogens (tertiary/aromatic N) is 1. The molecule has 1 heterocycles. The molecule has 0 bridgehead atoms. The molecule has 0 spiro atoms. The molecule has 0 radical (unpaired) electrons. The molecule has 0 fully saturated rings. The maximum atomic E-state index is 12.0. The molecule has 1 aromatic carbocycles. The average Bonchev–Trinajstić information content (AvgIpc) is 2.90. The number of carbonyl (C=O) groups is 2. The summed E-state index contributed by atoms with van der Waals surface area (Å²) in [5, 5.41) is 8.99. The second kappa shape index (κ2) is 7.44. The molecule has 2 N–H and O–H groups in total. The number of ether oxygens (including phenoxy) is 1. The molecule has 0 unspecified atom stereocenters. The molecule has 2 rings (SSSR count). The van der Waals surface area contributed by atoms with Gasteiger partial charge in [0.15, 0.2) is 0 Å². The normalized spacial score (nSPS) is 10.2. The van der Waals surface area contributed by atoms with Crippen LogP contribution in [0.3, 0.4) is 0 Å². The first-order valence-electron chi connectivity index (χ1n) is 7.12. The largest absolute Gasteiger partial charge is 0.497 e. The molecule has 0 saturated heterocycles. The fourth-order valence-electron chi connectivity index (χ4n) is 2.06. The Morgan fingerprint density at radius 2 is 1.87 bits per heavy atom. The van der Waals surface area contributed by atoms with Gasteiger partial charge in [-0.2, -0.15) is 0 Å². The average molecular weight is 317 g/mol. The van der Waals surface area contributed by atoms with Crippen LogP contribution >= 0.6 is 0 Å². The summed E-state index contributed by atoms with van der Waals surface area (Å²) in [6.07, 6.45) is 0. The van der Waals surface area contributed by atoms with Gasteiger partial charge in [0.1, 0.15) is 17.1 Å². The first kappa shape index (κ1) is 16.5. The van der Waals surface area contributed by atoms with Gasteiger partial charge >= 0.3 is 0 Å². The van der Waals surface area contributed by atoms with Crippen LogP contribution in [-0.2, 0) is 11.3 Å². The molecule has 0 aliphatic carbocycles. The fourth-order valence-corrected chi connectivity index (χ4v) is 2.06. The van der Waals surface area contributed by atoms with Crippen molar-refractivity contribution < 1.29 is 18.8 Å². The maximum absolute atomic E-state index is 12.0. The van der Waals surface area contributed by atoms with E-state index in [2.05, 4.69) is 15.8 Å². The van der Waals surface area contributed by atoms with Crippen LogP contribution in [-0.4, -0.2) is 30.6 Å². The van der Waals surface area contributed by atoms with E-state index in [-0.39, 0.29) is 18.4 Å². The summed E-state index contributed by atoms with van der Waals surface area (Å²) in [7, 11) is 1.60. The Morgan fingerprint density at radius 1 is 1.17 bits per heavy atom. The predicted octanol–water partition coefficient (Wildman–Crippen LogP) is 1.35. The Balaban J connectivity index is 1.79. The van der Waals surface area contributed by atoms with Gasteiger partial charge in [0.25, 0.3) is 5.91 Å². The van der Waals surface area contributed by atoms with Crippen molar-refractivity contribution in [3.05, 3.63) is 46.8 Å². The third kappa shape index (κ3) is 4.32. The number of rotatable bonds is 6. The third-order valence-corrected chi connectivity index (χ3v) is 3.32. The first-order chi connectivity index (χ1) is 11.0. The Kier molecular flexibility index (Phi) is 5.35. The lowest BCUT2D eigenvalue weighted by Crippen LogP contribution is -2.36. The lowest BCUT2D eigenvalue weighted by atomic mass is 10.2. The Morgan fingerprint density at radius 3 is 2.43 bits per heavy atom. The second-order valence-electron chi connectivity index (χ2n) is 5.01. The van der Waals surface area contributed by atoms with Gasteiger partial charge < -0.3 is 19.9 Å². The number of benzene rings is 1. The predicted molar refractivity (Wildman–Crippen MR) is 83.2 cm³/mol. The van der Waals surface area contributed by atoms with E-state index in [1.807, 2.05) is 24.3 Å². The van der Waals surface area contributed by atoms with Crippen molar-refractivity contribution in [2.75, 3.05) is 13.7 Å². The van der Waals surface area contributed by atoms with Crippen LogP contribution in [0.2, 0.25) is 0 Å². The standard InChI is InChI=1S/C16H19N3O4/c1-10-15(11(2)23-19-10)16(21)18-9-14(20)17-8-12-4-6-13(22-3)7-5-12/h4-7H,8-9H2,1-3H3,(H,17,20)(H,18,21). The lowest BCUT2D eigenvalue weighted by Gasteiger charge is -2.07. The molecule has 122 valence electrons. The molecule has 23 heavy (non-hydrogen) atoms. The van der Waals surface area contributed by atoms with Crippen LogP contribution in [0, 0.1) is 13.8 Å². The zero-order chi connectivity index (χ0) is 16.8. The Hall–Kier alpha value is -2.83. The van der Waals surface area contributed by atoms with Crippen LogP contribution in [0.25, 0.3) is 0 Å². The molecule has 2 amide bonds. The molecule has 7 heteroatoms. The summed E-state index contributed by atoms with van der Waals surface area (Å²) in [5.41, 5.74) is 1.81. The van der Waals surface area contributed by atoms with Crippen molar-refractivity contribution in [2.45, 2.75) is 20.4 Å². The van der Waals surface area contributed by atoms with E-state index < -0.39 is 0 Å². The summed E-state index contributed by atoms with van der Waals surface area (Å²) in [5.74, 6) is 0.534. The highest BCUT2D eigenvalue weighted by Gasteiger charge is 2.17. The van der Waals surface area contributed by atoms with Crippen LogP contribution in [0.15, 0.2) is 28.8 Å². The van der Waals surface area contributed by atoms with E-state index in [1.165, 1.54) is 0 Å². The SMILES string of the molecule is COc1ccc(CNC(=O)CNC(=O)c2c(C)noc2C)cc1. The van der Waals surface area contributed by atoms with Gasteiger partial charge in [-0.15, -0.1) is 0 Å². The van der Waals surface area contributed by atoms with Gasteiger partial charge in [-0.3, -0.25) is 9.59 Å². The number of amides is 2. The van der Waals surface area contributed by atoms with Crippen molar-refractivity contribution in [2.24, 2.45) is 0 Å². The van der Waals surface area contributed by atoms with Gasteiger partial charge in [-0.1, -0.05) is 17.3 Å². The van der Waals surface area contributed by atoms with Gasteiger partial charge in [-0.25, -0.2) is 0 Å². The summed E-state index contributed by atoms with van der Waals surface area (Å²) >= 11 is 0. The van der Waals surface area contributed by atoms with Crippen LogP contribution in [0.1, 0.15) is 27.4 Å². The van der Waals surface area contributed by atoms with Crippen molar-refractivity contribution in [3.8, 4) is 5.75 Å². The molecule has 1 aromatic heterocycles. The van der Waals surface area contributed by atoms with E-state index in [0.29, 0.717) is 23.6 Å². The van der Waals surface area contributed by atoms with Crippen LogP contribution in [0.4, 0.5) is 0 Å². The van der Waals surface area contributed by atoms with Gasteiger partial charge in [0, 0.05) is 6.54 Å². The van der Waals surface area contributed by atoms with Crippen molar-refractivity contribution in [3.63, 3.8) is 0 Å². The number of carbonyl (C=O) groups excluding carboxylic acids is 2. The molecular formula is C16H19N3O4. The van der Waals surface area contributed by atoms with Crippen molar-refractivity contribution in [1.82, 2.24) is 15.8 Å². The van der Waals surface area contributed by atoms with E-state index in [4.69, 9.17) is 9.26 Å². The van der Waals surface area contributed by atoms with Gasteiger partial charge in [-0.05, 0) is 31.5 Å². The topological polar surface area (TPSA) is 93.5 Å². The smallest absolute Gasteiger partial charge is 0.257 e. The highest BCUT2D eigenvalue weighted by atomic mass is 16.5. The Bertz CT molecular complexity index is 672. The van der Waals surface area contributed by atoms with E-state index >= 15 is 0 Å². The molecular weight excluding hydrogens is 298 g/mol. The number of aromatic nitrogens is 1. The number of methoxy groups -OCH3 is 1. The minimum atomic E-state index is -0.374. The molecule has 2 aromatic rings. The molecule has 0 atom stereocenters. The lowest BCUT2D eigenvalue weighted by molar-refractivity contribution is -0.120. The highest BCUT2D eigenvalue weighted by Crippen LogP contribution is 2.12. The van der Waals surface area contributed by atoms with Crippen molar-refractivity contribution >= 4 is 11.8 Å². The Labute approximate surface area is 134 Å². The summed E-state index contributed by atoms with van der Waals surface area (Å²) < 4.78 is 9.99. The first-order valence-corrected chi connectivity index (χ1v) is 7.12. The van der Waals surface area contributed by atoms with E-state index in [0.717, 1.165) is 11.3 Å². The number of hydrogen-bond acceptors (Lipinski definition) is 5. The molecule has 0 saturated carbocycles. The highest BCUT2D eigenvalue weighted by molar-refractivity contribution is 5.98. The quantitative estimate of drug-likeness (QED) is 0.839. The van der Waals surface area contributed by atoms with Crippen LogP contribution < -0.4 is 15.4 Å². The molecule has 7 nitrogen and oxygen atoms in total. The second-order valence-corrected chi connectivity index (χ2v) is 5.01. The van der Waals surface area contributed by atoms with Crippen molar-refractivity contribution in [1.29, 1.82) is 0 Å². The minimum Gasteiger partial charge on any atom is -0.497 e. The maximum Gasteiger partial charge on any atom is 0.257 e. The number of aryl methyl sites for hydroxylation is 2. The fraction of sp³-hybridized carbons (Fsp3) is 0.312. The van der Waals surface area contributed by atoms with E-state index in [1.54, 1.807) is 21.0 Å². The van der Waals surface area contributed by atoms with Gasteiger partial charge in [0.05, 0.1) is 19.3 Å². The number of hydrogen-bond donors (Lipinski definition) is 2. The molecule has 0 aliphatic rings. The van der Waals surface area contributed by atoms with Crippen LogP contribution in [0.5, 0.6) is 5.75 Å². The monoisotopic (exact) mass is 317 g/mol. The van der Waals surface area contributed by atoms with E-state index in [9.17, 15) is 9.59 Å². The summed E-state index contributed by atoms with van der Waals surface area (Å²) in [4.78, 5) is 23.8.